The minimum absolute atomic E-state index is 0.464. The quantitative estimate of drug-likeness (QED) is 0.571. The van der Waals surface area contributed by atoms with Crippen LogP contribution in [0.1, 0.15) is 0 Å². The first kappa shape index (κ1) is 15.4. The molecule has 8 nitrogen and oxygen atoms in total. The van der Waals surface area contributed by atoms with Crippen LogP contribution in [0.3, 0.4) is 0 Å². The predicted molar refractivity (Wildman–Crippen MR) is 87.0 cm³/mol. The first-order chi connectivity index (χ1) is 11.2. The van der Waals surface area contributed by atoms with Crippen molar-refractivity contribution in [2.24, 2.45) is 0 Å². The second-order valence-electron chi connectivity index (χ2n) is 5.44. The monoisotopic (exact) mass is 316 g/mol. The SMILES string of the molecule is O=C(NCCN1CCNCC1)C(=O)Nc1ccc2nc[nH]c2c1. The summed E-state index contributed by atoms with van der Waals surface area (Å²) < 4.78 is 0. The molecule has 0 bridgehead atoms. The molecular weight excluding hydrogens is 296 g/mol. The molecule has 1 aromatic heterocycles. The van der Waals surface area contributed by atoms with Gasteiger partial charge in [0.05, 0.1) is 17.4 Å². The van der Waals surface area contributed by atoms with Crippen molar-refractivity contribution in [1.29, 1.82) is 0 Å². The van der Waals surface area contributed by atoms with Gasteiger partial charge in [-0.05, 0) is 18.2 Å². The molecule has 1 saturated heterocycles. The van der Waals surface area contributed by atoms with E-state index in [9.17, 15) is 9.59 Å². The Hall–Kier alpha value is -2.45. The van der Waals surface area contributed by atoms with Gasteiger partial charge >= 0.3 is 11.8 Å². The number of hydrogen-bond donors (Lipinski definition) is 4. The molecule has 1 aliphatic heterocycles. The van der Waals surface area contributed by atoms with Crippen molar-refractivity contribution < 1.29 is 9.59 Å². The van der Waals surface area contributed by atoms with E-state index in [0.717, 1.165) is 43.8 Å². The number of carbonyl (C=O) groups is 2. The number of nitrogens with one attached hydrogen (secondary N) is 4. The number of imidazole rings is 1. The third-order valence-electron chi connectivity index (χ3n) is 3.81. The fraction of sp³-hybridized carbons (Fsp3) is 0.400. The molecule has 0 saturated carbocycles. The molecule has 1 aliphatic rings. The highest BCUT2D eigenvalue weighted by Gasteiger charge is 2.15. The summed E-state index contributed by atoms with van der Waals surface area (Å²) in [5, 5.41) is 8.51. The summed E-state index contributed by atoms with van der Waals surface area (Å²) >= 11 is 0. The van der Waals surface area contributed by atoms with Gasteiger partial charge in [0.15, 0.2) is 0 Å². The van der Waals surface area contributed by atoms with E-state index in [2.05, 4.69) is 30.8 Å². The second-order valence-corrected chi connectivity index (χ2v) is 5.44. The lowest BCUT2D eigenvalue weighted by Crippen LogP contribution is -2.47. The largest absolute Gasteiger partial charge is 0.347 e. The average Bonchev–Trinajstić information content (AvgIpc) is 3.03. The van der Waals surface area contributed by atoms with Crippen LogP contribution in [0.15, 0.2) is 24.5 Å². The Morgan fingerprint density at radius 1 is 1.22 bits per heavy atom. The first-order valence-corrected chi connectivity index (χ1v) is 7.68. The van der Waals surface area contributed by atoms with Gasteiger partial charge in [-0.25, -0.2) is 4.98 Å². The van der Waals surface area contributed by atoms with Gasteiger partial charge in [-0.2, -0.15) is 0 Å². The first-order valence-electron chi connectivity index (χ1n) is 7.68. The average molecular weight is 316 g/mol. The van der Waals surface area contributed by atoms with E-state index < -0.39 is 11.8 Å². The van der Waals surface area contributed by atoms with Gasteiger partial charge in [0.25, 0.3) is 0 Å². The molecular formula is C15H20N6O2. The molecule has 1 fully saturated rings. The van der Waals surface area contributed by atoms with Crippen LogP contribution < -0.4 is 16.0 Å². The summed E-state index contributed by atoms with van der Waals surface area (Å²) in [5.74, 6) is -1.28. The van der Waals surface area contributed by atoms with Crippen LogP contribution in [0.4, 0.5) is 5.69 Å². The third-order valence-corrected chi connectivity index (χ3v) is 3.81. The minimum atomic E-state index is -0.663. The number of aromatic nitrogens is 2. The van der Waals surface area contributed by atoms with Gasteiger partial charge in [-0.1, -0.05) is 0 Å². The van der Waals surface area contributed by atoms with Crippen molar-refractivity contribution in [3.05, 3.63) is 24.5 Å². The lowest BCUT2D eigenvalue weighted by atomic mass is 10.2. The van der Waals surface area contributed by atoms with Crippen molar-refractivity contribution in [1.82, 2.24) is 25.5 Å². The van der Waals surface area contributed by atoms with E-state index in [1.54, 1.807) is 24.5 Å². The third kappa shape index (κ3) is 4.05. The van der Waals surface area contributed by atoms with Crippen LogP contribution in [-0.2, 0) is 9.59 Å². The highest BCUT2D eigenvalue weighted by Crippen LogP contribution is 2.15. The molecule has 0 radical (unpaired) electrons. The standard InChI is InChI=1S/C15H20N6O2/c22-14(17-5-8-21-6-3-16-4-7-21)15(23)20-11-1-2-12-13(9-11)19-10-18-12/h1-2,9-10,16H,3-8H2,(H,17,22)(H,18,19)(H,20,23). The summed E-state index contributed by atoms with van der Waals surface area (Å²) in [4.78, 5) is 33.0. The Morgan fingerprint density at radius 3 is 2.87 bits per heavy atom. The highest BCUT2D eigenvalue weighted by atomic mass is 16.2. The molecule has 0 unspecified atom stereocenters. The summed E-state index contributed by atoms with van der Waals surface area (Å²) in [5.41, 5.74) is 2.18. The summed E-state index contributed by atoms with van der Waals surface area (Å²) in [6.07, 6.45) is 1.58. The molecule has 2 heterocycles. The van der Waals surface area contributed by atoms with E-state index >= 15 is 0 Å². The van der Waals surface area contributed by atoms with Gasteiger partial charge in [0.1, 0.15) is 0 Å². The Kier molecular flexibility index (Phi) is 4.84. The number of fused-ring (bicyclic) bond motifs is 1. The number of benzene rings is 1. The maximum atomic E-state index is 11.9. The summed E-state index contributed by atoms with van der Waals surface area (Å²) in [6, 6.07) is 5.24. The van der Waals surface area contributed by atoms with E-state index in [-0.39, 0.29) is 0 Å². The Labute approximate surface area is 133 Å². The van der Waals surface area contributed by atoms with E-state index in [4.69, 9.17) is 0 Å². The van der Waals surface area contributed by atoms with Gasteiger partial charge in [0, 0.05) is 45.0 Å². The van der Waals surface area contributed by atoms with Gasteiger partial charge < -0.3 is 20.9 Å². The second kappa shape index (κ2) is 7.21. The topological polar surface area (TPSA) is 102 Å². The van der Waals surface area contributed by atoms with Crippen LogP contribution in [0.5, 0.6) is 0 Å². The molecule has 23 heavy (non-hydrogen) atoms. The molecule has 4 N–H and O–H groups in total. The van der Waals surface area contributed by atoms with Crippen molar-refractivity contribution >= 4 is 28.5 Å². The van der Waals surface area contributed by atoms with Crippen LogP contribution in [0.25, 0.3) is 11.0 Å². The zero-order valence-electron chi connectivity index (χ0n) is 12.8. The molecule has 0 spiro atoms. The predicted octanol–water partition coefficient (Wildman–Crippen LogP) is -0.477. The molecule has 2 amide bonds. The summed E-state index contributed by atoms with van der Waals surface area (Å²) in [7, 11) is 0. The minimum Gasteiger partial charge on any atom is -0.347 e. The fourth-order valence-corrected chi connectivity index (χ4v) is 2.54. The van der Waals surface area contributed by atoms with Gasteiger partial charge in [-0.3, -0.25) is 14.5 Å². The number of nitrogens with zero attached hydrogens (tertiary/aromatic N) is 2. The van der Waals surface area contributed by atoms with E-state index in [1.165, 1.54) is 0 Å². The van der Waals surface area contributed by atoms with Crippen molar-refractivity contribution in [3.63, 3.8) is 0 Å². The number of piperazine rings is 1. The van der Waals surface area contributed by atoms with E-state index in [1.807, 2.05) is 0 Å². The molecule has 0 aliphatic carbocycles. The number of anilines is 1. The molecule has 0 atom stereocenters. The number of hydrogen-bond acceptors (Lipinski definition) is 5. The van der Waals surface area contributed by atoms with Gasteiger partial charge in [-0.15, -0.1) is 0 Å². The lowest BCUT2D eigenvalue weighted by molar-refractivity contribution is -0.136. The molecule has 122 valence electrons. The smallest absolute Gasteiger partial charge is 0.313 e. The number of aromatic amines is 1. The highest BCUT2D eigenvalue weighted by molar-refractivity contribution is 6.39. The Balaban J connectivity index is 1.46. The maximum Gasteiger partial charge on any atom is 0.313 e. The number of carbonyl (C=O) groups excluding carboxylic acids is 2. The van der Waals surface area contributed by atoms with Gasteiger partial charge in [0.2, 0.25) is 0 Å². The number of amides is 2. The Bertz CT molecular complexity index is 692. The van der Waals surface area contributed by atoms with Crippen molar-refractivity contribution in [2.45, 2.75) is 0 Å². The van der Waals surface area contributed by atoms with Crippen LogP contribution >= 0.6 is 0 Å². The molecule has 1 aromatic carbocycles. The fourth-order valence-electron chi connectivity index (χ4n) is 2.54. The number of H-pyrrole nitrogens is 1. The van der Waals surface area contributed by atoms with Crippen molar-refractivity contribution in [3.8, 4) is 0 Å². The normalized spacial score (nSPS) is 15.5. The molecule has 2 aromatic rings. The Morgan fingerprint density at radius 2 is 2.04 bits per heavy atom. The number of rotatable bonds is 4. The molecule has 8 heteroatoms. The maximum absolute atomic E-state index is 11.9. The summed E-state index contributed by atoms with van der Waals surface area (Å²) in [6.45, 7) is 5.07. The zero-order valence-corrected chi connectivity index (χ0v) is 12.8. The van der Waals surface area contributed by atoms with Crippen LogP contribution in [-0.4, -0.2) is 66.0 Å². The van der Waals surface area contributed by atoms with Crippen LogP contribution in [0, 0.1) is 0 Å². The lowest BCUT2D eigenvalue weighted by Gasteiger charge is -2.26. The zero-order chi connectivity index (χ0) is 16.1. The van der Waals surface area contributed by atoms with Crippen molar-refractivity contribution in [2.75, 3.05) is 44.6 Å². The van der Waals surface area contributed by atoms with Crippen LogP contribution in [0.2, 0.25) is 0 Å². The molecule has 3 rings (SSSR count). The van der Waals surface area contributed by atoms with E-state index in [0.29, 0.717) is 12.2 Å².